The highest BCUT2D eigenvalue weighted by atomic mass is 35.5. The molecule has 78 valence electrons. The largest absolute Gasteiger partial charge is 0.289 e. The van der Waals surface area contributed by atoms with Gasteiger partial charge in [0, 0.05) is 23.8 Å². The maximum atomic E-state index is 11.3. The first-order valence-corrected chi connectivity index (χ1v) is 4.58. The van der Waals surface area contributed by atoms with E-state index in [1.54, 1.807) is 0 Å². The van der Waals surface area contributed by atoms with Crippen LogP contribution in [0.1, 0.15) is 10.4 Å². The van der Waals surface area contributed by atoms with Crippen LogP contribution in [0.3, 0.4) is 0 Å². The Morgan fingerprint density at radius 1 is 1.27 bits per heavy atom. The molecule has 0 aliphatic rings. The van der Waals surface area contributed by atoms with Crippen LogP contribution in [0.5, 0.6) is 0 Å². The fourth-order valence-electron chi connectivity index (χ4n) is 0.930. The number of benzene rings is 1. The zero-order chi connectivity index (χ0) is 11.4. The molecule has 0 saturated carbocycles. The van der Waals surface area contributed by atoms with Crippen molar-refractivity contribution in [2.45, 2.75) is 0 Å². The van der Waals surface area contributed by atoms with Crippen molar-refractivity contribution in [3.05, 3.63) is 50.5 Å². The molecule has 0 aliphatic heterocycles. The standard InChI is InChI=1S/C9H5Cl2NO3/c10-9(11)5-8(13)6-1-3-7(4-2-6)12(14)15/h1-5H. The van der Waals surface area contributed by atoms with E-state index in [1.165, 1.54) is 24.3 Å². The number of allylic oxidation sites excluding steroid dienone is 1. The average Bonchev–Trinajstić information content (AvgIpc) is 2.17. The molecule has 4 nitrogen and oxygen atoms in total. The summed E-state index contributed by atoms with van der Waals surface area (Å²) in [6, 6.07) is 5.16. The van der Waals surface area contributed by atoms with Crippen molar-refractivity contribution in [2.75, 3.05) is 0 Å². The molecule has 0 atom stereocenters. The normalized spacial score (nSPS) is 9.47. The highest BCUT2D eigenvalue weighted by molar-refractivity contribution is 6.57. The lowest BCUT2D eigenvalue weighted by Gasteiger charge is -1.95. The van der Waals surface area contributed by atoms with E-state index < -0.39 is 10.7 Å². The minimum Gasteiger partial charge on any atom is -0.289 e. The Balaban J connectivity index is 2.94. The Kier molecular flexibility index (Phi) is 3.82. The van der Waals surface area contributed by atoms with Gasteiger partial charge < -0.3 is 0 Å². The van der Waals surface area contributed by atoms with Crippen LogP contribution in [0, 0.1) is 10.1 Å². The van der Waals surface area contributed by atoms with Crippen LogP contribution >= 0.6 is 23.2 Å². The summed E-state index contributed by atoms with van der Waals surface area (Å²) in [5.41, 5.74) is 0.215. The number of nitrogens with zero attached hydrogens (tertiary/aromatic N) is 1. The van der Waals surface area contributed by atoms with Crippen molar-refractivity contribution in [2.24, 2.45) is 0 Å². The van der Waals surface area contributed by atoms with Gasteiger partial charge in [0.1, 0.15) is 4.49 Å². The first kappa shape index (κ1) is 11.7. The molecule has 0 aromatic heterocycles. The highest BCUT2D eigenvalue weighted by Gasteiger charge is 2.07. The number of hydrogen-bond acceptors (Lipinski definition) is 3. The molecule has 0 saturated heterocycles. The van der Waals surface area contributed by atoms with Gasteiger partial charge in [0.25, 0.3) is 5.69 Å². The van der Waals surface area contributed by atoms with Crippen LogP contribution in [0.25, 0.3) is 0 Å². The summed E-state index contributed by atoms with van der Waals surface area (Å²) < 4.78 is -0.154. The maximum Gasteiger partial charge on any atom is 0.269 e. The third-order valence-electron chi connectivity index (χ3n) is 1.60. The van der Waals surface area contributed by atoms with Crippen molar-refractivity contribution in [3.8, 4) is 0 Å². The van der Waals surface area contributed by atoms with Gasteiger partial charge in [-0.25, -0.2) is 0 Å². The van der Waals surface area contributed by atoms with Gasteiger partial charge in [-0.3, -0.25) is 14.9 Å². The number of halogens is 2. The van der Waals surface area contributed by atoms with Crippen LogP contribution in [-0.4, -0.2) is 10.7 Å². The van der Waals surface area contributed by atoms with Crippen LogP contribution in [0.4, 0.5) is 5.69 Å². The number of nitro groups is 1. The summed E-state index contributed by atoms with van der Waals surface area (Å²) in [6.45, 7) is 0. The number of hydrogen-bond donors (Lipinski definition) is 0. The zero-order valence-corrected chi connectivity index (χ0v) is 8.83. The number of rotatable bonds is 3. The lowest BCUT2D eigenvalue weighted by molar-refractivity contribution is -0.384. The quantitative estimate of drug-likeness (QED) is 0.356. The van der Waals surface area contributed by atoms with E-state index in [1.807, 2.05) is 0 Å². The lowest BCUT2D eigenvalue weighted by atomic mass is 10.1. The summed E-state index contributed by atoms with van der Waals surface area (Å²) >= 11 is 10.6. The second kappa shape index (κ2) is 4.91. The molecular formula is C9H5Cl2NO3. The fraction of sp³-hybridized carbons (Fsp3) is 0. The summed E-state index contributed by atoms with van der Waals surface area (Å²) in [7, 11) is 0. The molecule has 6 heteroatoms. The van der Waals surface area contributed by atoms with Gasteiger partial charge in [-0.2, -0.15) is 0 Å². The first-order chi connectivity index (χ1) is 7.00. The van der Waals surface area contributed by atoms with E-state index in [9.17, 15) is 14.9 Å². The van der Waals surface area contributed by atoms with Gasteiger partial charge >= 0.3 is 0 Å². The summed E-state index contributed by atoms with van der Waals surface area (Å²) in [6.07, 6.45) is 1.03. The van der Waals surface area contributed by atoms with E-state index in [2.05, 4.69) is 0 Å². The van der Waals surface area contributed by atoms with Gasteiger partial charge in [-0.1, -0.05) is 23.2 Å². The maximum absolute atomic E-state index is 11.3. The average molecular weight is 246 g/mol. The topological polar surface area (TPSA) is 60.2 Å². The van der Waals surface area contributed by atoms with Gasteiger partial charge in [-0.15, -0.1) is 0 Å². The van der Waals surface area contributed by atoms with Crippen molar-refractivity contribution >= 4 is 34.7 Å². The zero-order valence-electron chi connectivity index (χ0n) is 7.31. The predicted molar refractivity (Wildman–Crippen MR) is 57.2 cm³/mol. The Morgan fingerprint density at radius 3 is 2.20 bits per heavy atom. The van der Waals surface area contributed by atoms with Crippen LogP contribution in [0.2, 0.25) is 0 Å². The van der Waals surface area contributed by atoms with E-state index in [4.69, 9.17) is 23.2 Å². The predicted octanol–water partition coefficient (Wildman–Crippen LogP) is 3.10. The van der Waals surface area contributed by atoms with E-state index in [0.29, 0.717) is 5.56 Å². The van der Waals surface area contributed by atoms with Crippen LogP contribution in [-0.2, 0) is 0 Å². The van der Waals surface area contributed by atoms with E-state index in [-0.39, 0.29) is 10.2 Å². The molecule has 0 bridgehead atoms. The van der Waals surface area contributed by atoms with E-state index in [0.717, 1.165) is 6.08 Å². The van der Waals surface area contributed by atoms with Crippen molar-refractivity contribution in [3.63, 3.8) is 0 Å². The molecule has 0 N–H and O–H groups in total. The molecule has 0 aliphatic carbocycles. The second-order valence-electron chi connectivity index (χ2n) is 2.60. The molecular weight excluding hydrogens is 241 g/mol. The van der Waals surface area contributed by atoms with Gasteiger partial charge in [0.05, 0.1) is 4.92 Å². The molecule has 0 radical (unpaired) electrons. The SMILES string of the molecule is O=C(C=C(Cl)Cl)c1ccc([N+](=O)[O-])cc1. The second-order valence-corrected chi connectivity index (χ2v) is 3.61. The van der Waals surface area contributed by atoms with Crippen molar-refractivity contribution < 1.29 is 9.72 Å². The van der Waals surface area contributed by atoms with Crippen LogP contribution < -0.4 is 0 Å². The lowest BCUT2D eigenvalue weighted by Crippen LogP contribution is -1.95. The number of ketones is 1. The van der Waals surface area contributed by atoms with Gasteiger partial charge in [0.15, 0.2) is 5.78 Å². The van der Waals surface area contributed by atoms with Crippen LogP contribution in [0.15, 0.2) is 34.8 Å². The van der Waals surface area contributed by atoms with Gasteiger partial charge in [-0.05, 0) is 12.1 Å². The molecule has 0 fully saturated rings. The Morgan fingerprint density at radius 2 is 1.80 bits per heavy atom. The number of carbonyl (C=O) groups is 1. The van der Waals surface area contributed by atoms with Gasteiger partial charge in [0.2, 0.25) is 0 Å². The Hall–Kier alpha value is -1.39. The minimum atomic E-state index is -0.543. The number of carbonyl (C=O) groups excluding carboxylic acids is 1. The molecule has 0 spiro atoms. The molecule has 0 amide bonds. The van der Waals surface area contributed by atoms with Crippen molar-refractivity contribution in [1.29, 1.82) is 0 Å². The third-order valence-corrected chi connectivity index (χ3v) is 1.82. The minimum absolute atomic E-state index is 0.0764. The summed E-state index contributed by atoms with van der Waals surface area (Å²) in [4.78, 5) is 21.1. The van der Waals surface area contributed by atoms with Crippen molar-refractivity contribution in [1.82, 2.24) is 0 Å². The summed E-state index contributed by atoms with van der Waals surface area (Å²) in [5.74, 6) is -0.398. The molecule has 1 rings (SSSR count). The first-order valence-electron chi connectivity index (χ1n) is 3.82. The molecule has 1 aromatic rings. The van der Waals surface area contributed by atoms with E-state index >= 15 is 0 Å². The molecule has 1 aromatic carbocycles. The Bertz CT molecular complexity index is 421. The summed E-state index contributed by atoms with van der Waals surface area (Å²) in [5, 5.41) is 10.3. The Labute approximate surface area is 95.3 Å². The number of nitro benzene ring substituents is 1. The molecule has 15 heavy (non-hydrogen) atoms. The monoisotopic (exact) mass is 245 g/mol. The third kappa shape index (κ3) is 3.34. The molecule has 0 heterocycles. The smallest absolute Gasteiger partial charge is 0.269 e. The highest BCUT2D eigenvalue weighted by Crippen LogP contribution is 2.14. The fourth-order valence-corrected chi connectivity index (χ4v) is 1.13. The number of non-ortho nitro benzene ring substituents is 1. The molecule has 0 unspecified atom stereocenters.